The minimum absolute atomic E-state index is 0.418. The molecule has 0 aromatic heterocycles. The van der Waals surface area contributed by atoms with Crippen LogP contribution in [0.25, 0.3) is 0 Å². The zero-order valence-corrected chi connectivity index (χ0v) is 13.0. The third-order valence-electron chi connectivity index (χ3n) is 2.33. The molecule has 106 valence electrons. The van der Waals surface area contributed by atoms with Crippen LogP contribution in [0.4, 0.5) is 4.39 Å². The van der Waals surface area contributed by atoms with Gasteiger partial charge in [-0.15, -0.1) is 0 Å². The molecule has 0 spiro atoms. The molecule has 0 bridgehead atoms. The molecule has 0 aliphatic heterocycles. The van der Waals surface area contributed by atoms with Crippen molar-refractivity contribution in [2.24, 2.45) is 0 Å². The Kier molecular flexibility index (Phi) is 5.05. The van der Waals surface area contributed by atoms with Gasteiger partial charge in [-0.3, -0.25) is 4.79 Å². The van der Waals surface area contributed by atoms with Crippen molar-refractivity contribution in [2.45, 2.75) is 17.9 Å². The first-order valence-electron chi connectivity index (χ1n) is 5.33. The van der Waals surface area contributed by atoms with E-state index < -0.39 is 32.7 Å². The monoisotopic (exact) mass is 352 g/mol. The van der Waals surface area contributed by atoms with Gasteiger partial charge in [0.15, 0.2) is 0 Å². The molecular weight excluding hydrogens is 339 g/mol. The molecule has 0 saturated carbocycles. The molecule has 0 radical (unpaired) electrons. The number of nitrogens with one attached hydrogen (secondary N) is 1. The number of likely N-dealkylation sites (N-methyl/N-ethyl adjacent to an activating group) is 1. The molecule has 5 nitrogen and oxygen atoms in total. The second-order valence-electron chi connectivity index (χ2n) is 4.15. The van der Waals surface area contributed by atoms with Crippen LogP contribution in [-0.4, -0.2) is 39.4 Å². The minimum Gasteiger partial charge on any atom is -0.347 e. The highest BCUT2D eigenvalue weighted by atomic mass is 79.9. The Balaban J connectivity index is 3.05. The van der Waals surface area contributed by atoms with Gasteiger partial charge in [0.05, 0.1) is 6.04 Å². The number of hydrogen-bond acceptors (Lipinski definition) is 3. The Hall–Kier alpha value is -0.990. The maximum Gasteiger partial charge on any atom is 0.244 e. The van der Waals surface area contributed by atoms with Crippen LogP contribution in [0.5, 0.6) is 0 Å². The molecular formula is C11H14BrFN2O3S. The van der Waals surface area contributed by atoms with E-state index in [1.165, 1.54) is 32.0 Å². The van der Waals surface area contributed by atoms with Gasteiger partial charge in [0, 0.05) is 18.6 Å². The average Bonchev–Trinajstić information content (AvgIpc) is 2.30. The van der Waals surface area contributed by atoms with E-state index >= 15 is 0 Å². The molecule has 0 heterocycles. The number of rotatable bonds is 4. The Morgan fingerprint density at radius 2 is 2.00 bits per heavy atom. The SMILES string of the molecule is CC(NS(=O)(=O)c1cc(Br)ccc1F)C(=O)N(C)C. The molecule has 1 atom stereocenters. The normalized spacial score (nSPS) is 13.1. The van der Waals surface area contributed by atoms with Gasteiger partial charge in [0.25, 0.3) is 0 Å². The maximum absolute atomic E-state index is 13.5. The number of halogens is 2. The number of carbonyl (C=O) groups excluding carboxylic acids is 1. The first-order valence-corrected chi connectivity index (χ1v) is 7.61. The van der Waals surface area contributed by atoms with Gasteiger partial charge >= 0.3 is 0 Å². The average molecular weight is 353 g/mol. The zero-order chi connectivity index (χ0) is 14.8. The molecule has 1 amide bonds. The summed E-state index contributed by atoms with van der Waals surface area (Å²) in [7, 11) is -1.08. The van der Waals surface area contributed by atoms with Crippen LogP contribution >= 0.6 is 15.9 Å². The van der Waals surface area contributed by atoms with Crippen molar-refractivity contribution >= 4 is 31.9 Å². The lowest BCUT2D eigenvalue weighted by molar-refractivity contribution is -0.130. The molecule has 1 N–H and O–H groups in total. The van der Waals surface area contributed by atoms with E-state index in [4.69, 9.17) is 0 Å². The second-order valence-corrected chi connectivity index (χ2v) is 6.75. The third kappa shape index (κ3) is 3.99. The maximum atomic E-state index is 13.5. The first-order chi connectivity index (χ1) is 8.65. The number of nitrogens with zero attached hydrogens (tertiary/aromatic N) is 1. The number of hydrogen-bond donors (Lipinski definition) is 1. The largest absolute Gasteiger partial charge is 0.347 e. The fraction of sp³-hybridized carbons (Fsp3) is 0.364. The summed E-state index contributed by atoms with van der Waals surface area (Å²) < 4.78 is 40.1. The molecule has 0 aliphatic carbocycles. The standard InChI is InChI=1S/C11H14BrFN2O3S/c1-7(11(16)15(2)3)14-19(17,18)10-6-8(12)4-5-9(10)13/h4-7,14H,1-3H3. The number of sulfonamides is 1. The van der Waals surface area contributed by atoms with Crippen LogP contribution in [0.3, 0.4) is 0 Å². The Bertz CT molecular complexity index is 590. The van der Waals surface area contributed by atoms with Gasteiger partial charge in [-0.25, -0.2) is 12.8 Å². The van der Waals surface area contributed by atoms with E-state index in [2.05, 4.69) is 20.7 Å². The fourth-order valence-corrected chi connectivity index (χ4v) is 3.23. The van der Waals surface area contributed by atoms with Crippen molar-refractivity contribution in [3.8, 4) is 0 Å². The topological polar surface area (TPSA) is 66.5 Å². The molecule has 8 heteroatoms. The lowest BCUT2D eigenvalue weighted by Crippen LogP contribution is -2.44. The molecule has 0 fully saturated rings. The van der Waals surface area contributed by atoms with Crippen molar-refractivity contribution in [1.29, 1.82) is 0 Å². The van der Waals surface area contributed by atoms with Crippen molar-refractivity contribution < 1.29 is 17.6 Å². The van der Waals surface area contributed by atoms with E-state index in [0.717, 1.165) is 12.1 Å². The minimum atomic E-state index is -4.09. The van der Waals surface area contributed by atoms with Crippen LogP contribution in [0.2, 0.25) is 0 Å². The van der Waals surface area contributed by atoms with E-state index in [1.54, 1.807) is 0 Å². The number of carbonyl (C=O) groups is 1. The van der Waals surface area contributed by atoms with E-state index in [0.29, 0.717) is 4.47 Å². The molecule has 19 heavy (non-hydrogen) atoms. The fourth-order valence-electron chi connectivity index (χ4n) is 1.42. The van der Waals surface area contributed by atoms with Crippen LogP contribution in [0.1, 0.15) is 6.92 Å². The molecule has 1 unspecified atom stereocenters. The van der Waals surface area contributed by atoms with Crippen LogP contribution in [-0.2, 0) is 14.8 Å². The van der Waals surface area contributed by atoms with Gasteiger partial charge < -0.3 is 4.90 Å². The number of amides is 1. The van der Waals surface area contributed by atoms with Crippen molar-refractivity contribution in [1.82, 2.24) is 9.62 Å². The van der Waals surface area contributed by atoms with Crippen molar-refractivity contribution in [3.05, 3.63) is 28.5 Å². The highest BCUT2D eigenvalue weighted by Crippen LogP contribution is 2.20. The summed E-state index contributed by atoms with van der Waals surface area (Å²) in [4.78, 5) is 12.4. The first kappa shape index (κ1) is 16.1. The van der Waals surface area contributed by atoms with Crippen LogP contribution < -0.4 is 4.72 Å². The van der Waals surface area contributed by atoms with Gasteiger partial charge in [0.2, 0.25) is 15.9 Å². The highest BCUT2D eigenvalue weighted by molar-refractivity contribution is 9.10. The lowest BCUT2D eigenvalue weighted by Gasteiger charge is -2.18. The highest BCUT2D eigenvalue weighted by Gasteiger charge is 2.25. The zero-order valence-electron chi connectivity index (χ0n) is 10.6. The summed E-state index contributed by atoms with van der Waals surface area (Å²) in [5, 5.41) is 0. The summed E-state index contributed by atoms with van der Waals surface area (Å²) in [6.45, 7) is 1.40. The van der Waals surface area contributed by atoms with Crippen molar-refractivity contribution in [2.75, 3.05) is 14.1 Å². The van der Waals surface area contributed by atoms with E-state index in [1.807, 2.05) is 0 Å². The third-order valence-corrected chi connectivity index (χ3v) is 4.37. The second kappa shape index (κ2) is 5.98. The Labute approximate surface area is 120 Å². The van der Waals surface area contributed by atoms with Crippen LogP contribution in [0.15, 0.2) is 27.6 Å². The molecule has 1 rings (SSSR count). The summed E-state index contributed by atoms with van der Waals surface area (Å²) in [5.74, 6) is -1.29. The predicted octanol–water partition coefficient (Wildman–Crippen LogP) is 1.34. The Morgan fingerprint density at radius 1 is 1.42 bits per heavy atom. The van der Waals surface area contributed by atoms with Gasteiger partial charge in [0.1, 0.15) is 10.7 Å². The molecule has 0 saturated heterocycles. The van der Waals surface area contributed by atoms with Crippen LogP contribution in [0, 0.1) is 5.82 Å². The summed E-state index contributed by atoms with van der Waals surface area (Å²) >= 11 is 3.07. The summed E-state index contributed by atoms with van der Waals surface area (Å²) in [5.41, 5.74) is 0. The van der Waals surface area contributed by atoms with Gasteiger partial charge in [-0.1, -0.05) is 15.9 Å². The van der Waals surface area contributed by atoms with E-state index in [9.17, 15) is 17.6 Å². The smallest absolute Gasteiger partial charge is 0.244 e. The number of benzene rings is 1. The molecule has 1 aromatic rings. The predicted molar refractivity (Wildman–Crippen MR) is 72.6 cm³/mol. The lowest BCUT2D eigenvalue weighted by atomic mass is 10.3. The van der Waals surface area contributed by atoms with Gasteiger partial charge in [-0.05, 0) is 25.1 Å². The Morgan fingerprint density at radius 3 is 2.53 bits per heavy atom. The molecule has 1 aromatic carbocycles. The van der Waals surface area contributed by atoms with E-state index in [-0.39, 0.29) is 0 Å². The van der Waals surface area contributed by atoms with Gasteiger partial charge in [-0.2, -0.15) is 4.72 Å². The summed E-state index contributed by atoms with van der Waals surface area (Å²) in [6.07, 6.45) is 0. The molecule has 0 aliphatic rings. The quantitative estimate of drug-likeness (QED) is 0.889. The van der Waals surface area contributed by atoms with Crippen molar-refractivity contribution in [3.63, 3.8) is 0 Å². The summed E-state index contributed by atoms with van der Waals surface area (Å²) in [6, 6.07) is 2.60.